The van der Waals surface area contributed by atoms with Crippen molar-refractivity contribution in [2.75, 3.05) is 11.1 Å². The van der Waals surface area contributed by atoms with Crippen LogP contribution in [-0.2, 0) is 21.2 Å². The molecule has 1 amide bonds. The van der Waals surface area contributed by atoms with Crippen LogP contribution in [0.15, 0.2) is 24.3 Å². The number of rotatable bonds is 7. The summed E-state index contributed by atoms with van der Waals surface area (Å²) >= 11 is 0. The fourth-order valence-electron chi connectivity index (χ4n) is 1.87. The molecule has 1 rings (SSSR count). The molecule has 1 aromatic rings. The number of amides is 1. The van der Waals surface area contributed by atoms with E-state index in [0.717, 1.165) is 5.56 Å². The van der Waals surface area contributed by atoms with Crippen LogP contribution in [0.2, 0.25) is 0 Å². The zero-order valence-corrected chi connectivity index (χ0v) is 13.6. The highest BCUT2D eigenvalue weighted by Gasteiger charge is 2.24. The second-order valence-electron chi connectivity index (χ2n) is 5.48. The van der Waals surface area contributed by atoms with Gasteiger partial charge in [-0.2, -0.15) is 0 Å². The molecule has 0 saturated carbocycles. The third kappa shape index (κ3) is 5.13. The first-order valence-electron chi connectivity index (χ1n) is 7.07. The smallest absolute Gasteiger partial charge is 0.225 e. The quantitative estimate of drug-likeness (QED) is 0.805. The Labute approximate surface area is 126 Å². The Kier molecular flexibility index (Phi) is 6.36. The van der Waals surface area contributed by atoms with E-state index in [9.17, 15) is 13.2 Å². The number of benzene rings is 1. The monoisotopic (exact) mass is 312 g/mol. The Morgan fingerprint density at radius 2 is 1.86 bits per heavy atom. The number of carbonyl (C=O) groups is 1. The predicted octanol–water partition coefficient (Wildman–Crippen LogP) is 1.93. The van der Waals surface area contributed by atoms with E-state index in [2.05, 4.69) is 5.32 Å². The average Bonchev–Trinajstić information content (AvgIpc) is 2.45. The molecule has 118 valence electrons. The first-order chi connectivity index (χ1) is 9.77. The van der Waals surface area contributed by atoms with E-state index in [-0.39, 0.29) is 24.0 Å². The van der Waals surface area contributed by atoms with Gasteiger partial charge in [0.1, 0.15) is 0 Å². The van der Waals surface area contributed by atoms with Crippen LogP contribution < -0.4 is 11.1 Å². The van der Waals surface area contributed by atoms with Gasteiger partial charge in [-0.25, -0.2) is 8.42 Å². The van der Waals surface area contributed by atoms with Gasteiger partial charge in [0.25, 0.3) is 0 Å². The van der Waals surface area contributed by atoms with Crippen LogP contribution in [0.25, 0.3) is 0 Å². The topological polar surface area (TPSA) is 89.3 Å². The first kappa shape index (κ1) is 17.7. The molecule has 0 aliphatic carbocycles. The molecular formula is C15H24N2O3S. The van der Waals surface area contributed by atoms with Gasteiger partial charge in [-0.15, -0.1) is 0 Å². The van der Waals surface area contributed by atoms with Gasteiger partial charge < -0.3 is 11.1 Å². The number of hydrogen-bond donors (Lipinski definition) is 2. The second-order valence-corrected chi connectivity index (χ2v) is 7.95. The molecule has 0 saturated heterocycles. The molecule has 6 heteroatoms. The summed E-state index contributed by atoms with van der Waals surface area (Å²) in [6.45, 7) is 5.72. The largest absolute Gasteiger partial charge is 0.326 e. The maximum absolute atomic E-state index is 12.1. The minimum Gasteiger partial charge on any atom is -0.326 e. The third-order valence-corrected chi connectivity index (χ3v) is 6.08. The van der Waals surface area contributed by atoms with Crippen LogP contribution >= 0.6 is 0 Å². The van der Waals surface area contributed by atoms with Gasteiger partial charge in [0, 0.05) is 18.7 Å². The number of para-hydroxylation sites is 1. The normalized spacial score (nSPS) is 13.2. The van der Waals surface area contributed by atoms with E-state index in [4.69, 9.17) is 5.73 Å². The molecule has 3 N–H and O–H groups in total. The lowest BCUT2D eigenvalue weighted by Crippen LogP contribution is -2.28. The van der Waals surface area contributed by atoms with Crippen molar-refractivity contribution < 1.29 is 13.2 Å². The van der Waals surface area contributed by atoms with Gasteiger partial charge >= 0.3 is 0 Å². The van der Waals surface area contributed by atoms with Crippen molar-refractivity contribution in [2.45, 2.75) is 39.0 Å². The maximum atomic E-state index is 12.1. The fraction of sp³-hybridized carbons (Fsp3) is 0.533. The van der Waals surface area contributed by atoms with Crippen molar-refractivity contribution in [2.24, 2.45) is 11.7 Å². The van der Waals surface area contributed by atoms with E-state index in [0.29, 0.717) is 12.2 Å². The third-order valence-electron chi connectivity index (χ3n) is 3.63. The zero-order valence-electron chi connectivity index (χ0n) is 12.8. The van der Waals surface area contributed by atoms with Gasteiger partial charge in [-0.1, -0.05) is 32.0 Å². The lowest BCUT2D eigenvalue weighted by atomic mass is 10.2. The lowest BCUT2D eigenvalue weighted by molar-refractivity contribution is -0.115. The van der Waals surface area contributed by atoms with E-state index < -0.39 is 15.1 Å². The summed E-state index contributed by atoms with van der Waals surface area (Å²) in [5.74, 6) is -0.408. The Morgan fingerprint density at radius 1 is 1.24 bits per heavy atom. The molecule has 0 spiro atoms. The zero-order chi connectivity index (χ0) is 16.0. The molecule has 1 aromatic carbocycles. The van der Waals surface area contributed by atoms with Crippen LogP contribution in [0.4, 0.5) is 5.69 Å². The molecule has 0 bridgehead atoms. The summed E-state index contributed by atoms with van der Waals surface area (Å²) in [6, 6.07) is 7.22. The molecular weight excluding hydrogens is 288 g/mol. The fourth-order valence-corrected chi connectivity index (χ4v) is 3.54. The van der Waals surface area contributed by atoms with Crippen molar-refractivity contribution in [3.8, 4) is 0 Å². The SMILES string of the molecule is CC(C)C(C)S(=O)(=O)CCC(=O)Nc1ccccc1CN. The van der Waals surface area contributed by atoms with Crippen molar-refractivity contribution in [3.63, 3.8) is 0 Å². The molecule has 1 atom stereocenters. The molecule has 21 heavy (non-hydrogen) atoms. The maximum Gasteiger partial charge on any atom is 0.225 e. The number of nitrogens with two attached hydrogens (primary N) is 1. The van der Waals surface area contributed by atoms with Crippen LogP contribution in [0.3, 0.4) is 0 Å². The summed E-state index contributed by atoms with van der Waals surface area (Å²) in [5.41, 5.74) is 7.06. The minimum absolute atomic E-state index is 0.0380. The molecule has 0 radical (unpaired) electrons. The van der Waals surface area contributed by atoms with Crippen molar-refractivity contribution in [1.29, 1.82) is 0 Å². The Morgan fingerprint density at radius 3 is 2.43 bits per heavy atom. The number of anilines is 1. The van der Waals surface area contributed by atoms with Gasteiger partial charge in [-0.05, 0) is 24.5 Å². The van der Waals surface area contributed by atoms with E-state index >= 15 is 0 Å². The molecule has 0 aliphatic rings. The molecule has 0 fully saturated rings. The van der Waals surface area contributed by atoms with Crippen LogP contribution in [-0.4, -0.2) is 25.3 Å². The number of sulfone groups is 1. The van der Waals surface area contributed by atoms with Crippen LogP contribution in [0, 0.1) is 5.92 Å². The van der Waals surface area contributed by atoms with E-state index in [1.54, 1.807) is 19.1 Å². The lowest BCUT2D eigenvalue weighted by Gasteiger charge is -2.16. The standard InChI is InChI=1S/C15H24N2O3S/c1-11(2)12(3)21(19,20)9-8-15(18)17-14-7-5-4-6-13(14)10-16/h4-7,11-12H,8-10,16H2,1-3H3,(H,17,18). The van der Waals surface area contributed by atoms with E-state index in [1.807, 2.05) is 26.0 Å². The van der Waals surface area contributed by atoms with E-state index in [1.165, 1.54) is 0 Å². The highest BCUT2D eigenvalue weighted by Crippen LogP contribution is 2.16. The summed E-state index contributed by atoms with van der Waals surface area (Å²) < 4.78 is 24.1. The van der Waals surface area contributed by atoms with Gasteiger partial charge in [-0.3, -0.25) is 4.79 Å². The second kappa shape index (κ2) is 7.56. The van der Waals surface area contributed by atoms with Crippen molar-refractivity contribution >= 4 is 21.4 Å². The molecule has 1 unspecified atom stereocenters. The Balaban J connectivity index is 2.63. The number of nitrogens with one attached hydrogen (secondary N) is 1. The average molecular weight is 312 g/mol. The first-order valence-corrected chi connectivity index (χ1v) is 8.79. The Hall–Kier alpha value is -1.40. The van der Waals surface area contributed by atoms with Crippen molar-refractivity contribution in [3.05, 3.63) is 29.8 Å². The summed E-state index contributed by atoms with van der Waals surface area (Å²) in [6.07, 6.45) is -0.0434. The number of hydrogen-bond acceptors (Lipinski definition) is 4. The van der Waals surface area contributed by atoms with Crippen molar-refractivity contribution in [1.82, 2.24) is 0 Å². The molecule has 5 nitrogen and oxygen atoms in total. The summed E-state index contributed by atoms with van der Waals surface area (Å²) in [4.78, 5) is 11.9. The predicted molar refractivity (Wildman–Crippen MR) is 85.7 cm³/mol. The minimum atomic E-state index is -3.25. The highest BCUT2D eigenvalue weighted by molar-refractivity contribution is 7.92. The molecule has 0 aromatic heterocycles. The van der Waals surface area contributed by atoms with Gasteiger partial charge in [0.15, 0.2) is 9.84 Å². The van der Waals surface area contributed by atoms with Gasteiger partial charge in [0.2, 0.25) is 5.91 Å². The summed E-state index contributed by atoms with van der Waals surface area (Å²) in [7, 11) is -3.25. The Bertz CT molecular complexity index is 582. The van der Waals surface area contributed by atoms with Crippen LogP contribution in [0.1, 0.15) is 32.8 Å². The summed E-state index contributed by atoms with van der Waals surface area (Å²) in [5, 5.41) is 2.28. The molecule has 0 aliphatic heterocycles. The highest BCUT2D eigenvalue weighted by atomic mass is 32.2. The molecule has 0 heterocycles. The van der Waals surface area contributed by atoms with Gasteiger partial charge in [0.05, 0.1) is 11.0 Å². The number of carbonyl (C=O) groups excluding carboxylic acids is 1. The van der Waals surface area contributed by atoms with Crippen LogP contribution in [0.5, 0.6) is 0 Å².